The minimum absolute atomic E-state index is 0.301. The molecule has 2 rings (SSSR count). The molecular formula is C12H17NO2. The lowest BCUT2D eigenvalue weighted by Gasteiger charge is -2.30. The molecule has 15 heavy (non-hydrogen) atoms. The highest BCUT2D eigenvalue weighted by atomic mass is 16.5. The van der Waals surface area contributed by atoms with E-state index in [1.54, 1.807) is 7.11 Å². The van der Waals surface area contributed by atoms with Crippen LogP contribution in [0.5, 0.6) is 5.75 Å². The van der Waals surface area contributed by atoms with Crippen molar-refractivity contribution in [3.63, 3.8) is 0 Å². The van der Waals surface area contributed by atoms with Crippen molar-refractivity contribution in [3.05, 3.63) is 29.8 Å². The minimum atomic E-state index is 0.301. The fraction of sp³-hybridized carbons (Fsp3) is 0.500. The molecule has 0 spiro atoms. The van der Waals surface area contributed by atoms with Crippen molar-refractivity contribution in [2.75, 3.05) is 20.3 Å². The van der Waals surface area contributed by atoms with E-state index in [9.17, 15) is 0 Å². The Hall–Kier alpha value is -1.06. The Kier molecular flexibility index (Phi) is 3.23. The fourth-order valence-corrected chi connectivity index (χ4v) is 1.80. The van der Waals surface area contributed by atoms with E-state index in [4.69, 9.17) is 9.47 Å². The zero-order chi connectivity index (χ0) is 10.7. The molecule has 1 fully saturated rings. The van der Waals surface area contributed by atoms with Gasteiger partial charge in [0, 0.05) is 11.6 Å². The first kappa shape index (κ1) is 10.5. The molecule has 1 aliphatic heterocycles. The van der Waals surface area contributed by atoms with Crippen molar-refractivity contribution < 1.29 is 9.47 Å². The second-order valence-electron chi connectivity index (χ2n) is 3.86. The van der Waals surface area contributed by atoms with Crippen LogP contribution in [0.3, 0.4) is 0 Å². The Morgan fingerprint density at radius 1 is 1.40 bits per heavy atom. The summed E-state index contributed by atoms with van der Waals surface area (Å²) in [4.78, 5) is 0. The predicted molar refractivity (Wildman–Crippen MR) is 59.2 cm³/mol. The molecular weight excluding hydrogens is 190 g/mol. The minimum Gasteiger partial charge on any atom is -0.496 e. The number of para-hydroxylation sites is 1. The van der Waals surface area contributed by atoms with Crippen molar-refractivity contribution in [1.82, 2.24) is 5.32 Å². The fourth-order valence-electron chi connectivity index (χ4n) is 1.80. The van der Waals surface area contributed by atoms with E-state index in [0.29, 0.717) is 12.1 Å². The van der Waals surface area contributed by atoms with Crippen molar-refractivity contribution in [3.8, 4) is 5.75 Å². The molecule has 0 aliphatic carbocycles. The Morgan fingerprint density at radius 2 is 2.13 bits per heavy atom. The lowest BCUT2D eigenvalue weighted by Crippen LogP contribution is -2.46. The molecule has 3 heteroatoms. The van der Waals surface area contributed by atoms with E-state index >= 15 is 0 Å². The molecule has 3 nitrogen and oxygen atoms in total. The third-order valence-corrected chi connectivity index (χ3v) is 2.73. The highest BCUT2D eigenvalue weighted by Crippen LogP contribution is 2.25. The molecule has 0 amide bonds. The maximum Gasteiger partial charge on any atom is 0.123 e. The first-order valence-electron chi connectivity index (χ1n) is 5.28. The molecule has 0 saturated carbocycles. The van der Waals surface area contributed by atoms with Crippen LogP contribution in [0.15, 0.2) is 24.3 Å². The normalized spacial score (nSPS) is 18.3. The SMILES string of the molecule is COc1ccccc1[C@H](C)NC1COC1. The summed E-state index contributed by atoms with van der Waals surface area (Å²) in [7, 11) is 1.71. The molecule has 82 valence electrons. The number of rotatable bonds is 4. The molecule has 1 aromatic rings. The van der Waals surface area contributed by atoms with Crippen LogP contribution in [0, 0.1) is 0 Å². The van der Waals surface area contributed by atoms with Crippen molar-refractivity contribution in [1.29, 1.82) is 0 Å². The smallest absolute Gasteiger partial charge is 0.123 e. The average Bonchev–Trinajstić information content (AvgIpc) is 2.23. The van der Waals surface area contributed by atoms with Gasteiger partial charge in [0.1, 0.15) is 5.75 Å². The Balaban J connectivity index is 2.05. The van der Waals surface area contributed by atoms with Crippen LogP contribution in [-0.2, 0) is 4.74 Å². The molecule has 1 atom stereocenters. The highest BCUT2D eigenvalue weighted by Gasteiger charge is 2.21. The number of ether oxygens (including phenoxy) is 2. The molecule has 0 aromatic heterocycles. The van der Waals surface area contributed by atoms with Gasteiger partial charge in [-0.1, -0.05) is 18.2 Å². The van der Waals surface area contributed by atoms with E-state index in [2.05, 4.69) is 18.3 Å². The van der Waals surface area contributed by atoms with Crippen molar-refractivity contribution in [2.45, 2.75) is 19.0 Å². The number of hydrogen-bond donors (Lipinski definition) is 1. The quantitative estimate of drug-likeness (QED) is 0.815. The lowest BCUT2D eigenvalue weighted by atomic mass is 10.1. The van der Waals surface area contributed by atoms with E-state index in [0.717, 1.165) is 19.0 Å². The molecule has 1 heterocycles. The third kappa shape index (κ3) is 2.30. The lowest BCUT2D eigenvalue weighted by molar-refractivity contribution is -0.00934. The number of hydrogen-bond acceptors (Lipinski definition) is 3. The van der Waals surface area contributed by atoms with Gasteiger partial charge in [0.15, 0.2) is 0 Å². The van der Waals surface area contributed by atoms with Gasteiger partial charge in [0.05, 0.1) is 26.4 Å². The van der Waals surface area contributed by atoms with Gasteiger partial charge in [-0.05, 0) is 13.0 Å². The van der Waals surface area contributed by atoms with E-state index in [1.165, 1.54) is 5.56 Å². The zero-order valence-electron chi connectivity index (χ0n) is 9.19. The number of nitrogens with one attached hydrogen (secondary N) is 1. The average molecular weight is 207 g/mol. The predicted octanol–water partition coefficient (Wildman–Crippen LogP) is 1.74. The summed E-state index contributed by atoms with van der Waals surface area (Å²) in [5.74, 6) is 0.942. The van der Waals surface area contributed by atoms with Crippen LogP contribution in [0.2, 0.25) is 0 Å². The first-order chi connectivity index (χ1) is 7.31. The number of benzene rings is 1. The summed E-state index contributed by atoms with van der Waals surface area (Å²) in [5, 5.41) is 3.50. The maximum atomic E-state index is 5.33. The van der Waals surface area contributed by atoms with Crippen LogP contribution in [0.25, 0.3) is 0 Å². The summed E-state index contributed by atoms with van der Waals surface area (Å²) in [5.41, 5.74) is 1.20. The molecule has 0 radical (unpaired) electrons. The molecule has 1 N–H and O–H groups in total. The summed E-state index contributed by atoms with van der Waals surface area (Å²) in [6, 6.07) is 8.90. The Bertz CT molecular complexity index is 323. The van der Waals surface area contributed by atoms with Crippen LogP contribution in [0.1, 0.15) is 18.5 Å². The highest BCUT2D eigenvalue weighted by molar-refractivity contribution is 5.35. The van der Waals surface area contributed by atoms with Gasteiger partial charge >= 0.3 is 0 Å². The van der Waals surface area contributed by atoms with E-state index in [1.807, 2.05) is 18.2 Å². The topological polar surface area (TPSA) is 30.5 Å². The van der Waals surface area contributed by atoms with E-state index in [-0.39, 0.29) is 0 Å². The third-order valence-electron chi connectivity index (χ3n) is 2.73. The maximum absolute atomic E-state index is 5.33. The van der Waals surface area contributed by atoms with Crippen LogP contribution in [0.4, 0.5) is 0 Å². The second kappa shape index (κ2) is 4.64. The molecule has 0 unspecified atom stereocenters. The monoisotopic (exact) mass is 207 g/mol. The molecule has 0 bridgehead atoms. The molecule has 1 aliphatic rings. The Morgan fingerprint density at radius 3 is 2.73 bits per heavy atom. The second-order valence-corrected chi connectivity index (χ2v) is 3.86. The largest absolute Gasteiger partial charge is 0.496 e. The zero-order valence-corrected chi connectivity index (χ0v) is 9.19. The van der Waals surface area contributed by atoms with Gasteiger partial charge < -0.3 is 14.8 Å². The first-order valence-corrected chi connectivity index (χ1v) is 5.28. The van der Waals surface area contributed by atoms with Gasteiger partial charge in [0.2, 0.25) is 0 Å². The van der Waals surface area contributed by atoms with Gasteiger partial charge in [-0.3, -0.25) is 0 Å². The summed E-state index contributed by atoms with van der Waals surface area (Å²) in [6.45, 7) is 3.79. The van der Waals surface area contributed by atoms with E-state index < -0.39 is 0 Å². The summed E-state index contributed by atoms with van der Waals surface area (Å²) in [6.07, 6.45) is 0. The van der Waals surface area contributed by atoms with Gasteiger partial charge in [-0.15, -0.1) is 0 Å². The van der Waals surface area contributed by atoms with Gasteiger partial charge in [-0.2, -0.15) is 0 Å². The van der Waals surface area contributed by atoms with Crippen LogP contribution in [-0.4, -0.2) is 26.4 Å². The Labute approximate surface area is 90.4 Å². The van der Waals surface area contributed by atoms with Crippen molar-refractivity contribution in [2.24, 2.45) is 0 Å². The number of methoxy groups -OCH3 is 1. The molecule has 1 saturated heterocycles. The van der Waals surface area contributed by atoms with Crippen LogP contribution >= 0.6 is 0 Å². The summed E-state index contributed by atoms with van der Waals surface area (Å²) >= 11 is 0. The van der Waals surface area contributed by atoms with Gasteiger partial charge in [0.25, 0.3) is 0 Å². The van der Waals surface area contributed by atoms with Crippen molar-refractivity contribution >= 4 is 0 Å². The van der Waals surface area contributed by atoms with Crippen LogP contribution < -0.4 is 10.1 Å². The van der Waals surface area contributed by atoms with Gasteiger partial charge in [-0.25, -0.2) is 0 Å². The summed E-state index contributed by atoms with van der Waals surface area (Å²) < 4.78 is 10.5. The molecule has 1 aromatic carbocycles. The standard InChI is InChI=1S/C12H17NO2/c1-9(13-10-7-15-8-10)11-5-3-4-6-12(11)14-2/h3-6,9-10,13H,7-8H2,1-2H3/t9-/m0/s1.